The summed E-state index contributed by atoms with van der Waals surface area (Å²) in [6, 6.07) is 11.7. The van der Waals surface area contributed by atoms with E-state index in [1.54, 1.807) is 36.4 Å². The van der Waals surface area contributed by atoms with Crippen LogP contribution in [-0.2, 0) is 0 Å². The SMILES string of the molecule is COc1cc(C=NNC(=O)c2ccc(Br)cc2)ccc1O. The molecular weight excluding hydrogens is 336 g/mol. The molecule has 0 saturated carbocycles. The smallest absolute Gasteiger partial charge is 0.271 e. The Hall–Kier alpha value is -2.34. The molecule has 0 fully saturated rings. The number of halogens is 1. The number of amides is 1. The first-order chi connectivity index (χ1) is 10.1. The molecular formula is C15H13BrN2O3. The Morgan fingerprint density at radius 1 is 1.29 bits per heavy atom. The van der Waals surface area contributed by atoms with Crippen LogP contribution in [0, 0.1) is 0 Å². The number of hydrogen-bond acceptors (Lipinski definition) is 4. The Morgan fingerprint density at radius 3 is 2.67 bits per heavy atom. The highest BCUT2D eigenvalue weighted by Gasteiger charge is 2.04. The van der Waals surface area contributed by atoms with Crippen LogP contribution in [0.4, 0.5) is 0 Å². The zero-order chi connectivity index (χ0) is 15.2. The summed E-state index contributed by atoms with van der Waals surface area (Å²) >= 11 is 3.30. The first-order valence-electron chi connectivity index (χ1n) is 6.06. The molecule has 2 N–H and O–H groups in total. The van der Waals surface area contributed by atoms with E-state index in [4.69, 9.17) is 4.74 Å². The number of nitrogens with zero attached hydrogens (tertiary/aromatic N) is 1. The molecule has 0 unspecified atom stereocenters. The first kappa shape index (κ1) is 15.1. The number of carbonyl (C=O) groups is 1. The molecule has 0 aliphatic rings. The van der Waals surface area contributed by atoms with Gasteiger partial charge < -0.3 is 9.84 Å². The summed E-state index contributed by atoms with van der Waals surface area (Å²) < 4.78 is 5.89. The van der Waals surface area contributed by atoms with Crippen molar-refractivity contribution in [2.45, 2.75) is 0 Å². The van der Waals surface area contributed by atoms with Gasteiger partial charge in [-0.1, -0.05) is 15.9 Å². The number of aromatic hydroxyl groups is 1. The Labute approximate surface area is 130 Å². The summed E-state index contributed by atoms with van der Waals surface area (Å²) in [4.78, 5) is 11.8. The van der Waals surface area contributed by atoms with Crippen molar-refractivity contribution >= 4 is 28.1 Å². The van der Waals surface area contributed by atoms with Gasteiger partial charge in [-0.2, -0.15) is 5.10 Å². The molecule has 2 aromatic carbocycles. The van der Waals surface area contributed by atoms with Gasteiger partial charge in [-0.15, -0.1) is 0 Å². The molecule has 108 valence electrons. The van der Waals surface area contributed by atoms with Crippen molar-refractivity contribution in [2.24, 2.45) is 5.10 Å². The van der Waals surface area contributed by atoms with Crippen LogP contribution in [0.15, 0.2) is 52.0 Å². The number of benzene rings is 2. The van der Waals surface area contributed by atoms with Crippen LogP contribution in [0.2, 0.25) is 0 Å². The molecule has 0 saturated heterocycles. The van der Waals surface area contributed by atoms with E-state index in [1.807, 2.05) is 0 Å². The van der Waals surface area contributed by atoms with Crippen molar-refractivity contribution in [1.82, 2.24) is 5.43 Å². The van der Waals surface area contributed by atoms with Gasteiger partial charge in [0, 0.05) is 10.0 Å². The summed E-state index contributed by atoms with van der Waals surface area (Å²) in [5.74, 6) is 0.0937. The second-order valence-corrected chi connectivity index (χ2v) is 5.05. The van der Waals surface area contributed by atoms with Crippen LogP contribution in [-0.4, -0.2) is 24.3 Å². The summed E-state index contributed by atoms with van der Waals surface area (Å²) in [6.07, 6.45) is 1.47. The van der Waals surface area contributed by atoms with Crippen molar-refractivity contribution in [3.8, 4) is 11.5 Å². The third-order valence-corrected chi connectivity index (χ3v) is 3.22. The fourth-order valence-electron chi connectivity index (χ4n) is 1.61. The molecule has 0 aromatic heterocycles. The van der Waals surface area contributed by atoms with Crippen molar-refractivity contribution in [1.29, 1.82) is 0 Å². The minimum absolute atomic E-state index is 0.0496. The molecule has 21 heavy (non-hydrogen) atoms. The zero-order valence-electron chi connectivity index (χ0n) is 11.2. The molecule has 0 atom stereocenters. The second-order valence-electron chi connectivity index (χ2n) is 4.14. The van der Waals surface area contributed by atoms with Gasteiger partial charge in [0.05, 0.1) is 13.3 Å². The average molecular weight is 349 g/mol. The molecule has 0 aliphatic heterocycles. The fraction of sp³-hybridized carbons (Fsp3) is 0.0667. The van der Waals surface area contributed by atoms with Gasteiger partial charge in [-0.05, 0) is 48.0 Å². The van der Waals surface area contributed by atoms with E-state index in [2.05, 4.69) is 26.5 Å². The number of methoxy groups -OCH3 is 1. The maximum atomic E-state index is 11.8. The topological polar surface area (TPSA) is 70.9 Å². The summed E-state index contributed by atoms with van der Waals surface area (Å²) in [5, 5.41) is 13.3. The lowest BCUT2D eigenvalue weighted by Gasteiger charge is -2.03. The van der Waals surface area contributed by atoms with Crippen molar-refractivity contribution in [2.75, 3.05) is 7.11 Å². The summed E-state index contributed by atoms with van der Waals surface area (Å²) in [6.45, 7) is 0. The molecule has 1 amide bonds. The zero-order valence-corrected chi connectivity index (χ0v) is 12.8. The van der Waals surface area contributed by atoms with E-state index in [9.17, 15) is 9.90 Å². The third kappa shape index (κ3) is 4.06. The number of hydrogen-bond donors (Lipinski definition) is 2. The quantitative estimate of drug-likeness (QED) is 0.659. The largest absolute Gasteiger partial charge is 0.504 e. The Bertz CT molecular complexity index is 669. The number of rotatable bonds is 4. The maximum Gasteiger partial charge on any atom is 0.271 e. The Balaban J connectivity index is 2.02. The number of carbonyl (C=O) groups excluding carboxylic acids is 1. The lowest BCUT2D eigenvalue weighted by Crippen LogP contribution is -2.17. The molecule has 5 nitrogen and oxygen atoms in total. The summed E-state index contributed by atoms with van der Waals surface area (Å²) in [7, 11) is 1.46. The molecule has 0 bridgehead atoms. The molecule has 0 aliphatic carbocycles. The van der Waals surface area contributed by atoms with E-state index in [-0.39, 0.29) is 11.7 Å². The minimum atomic E-state index is -0.301. The highest BCUT2D eigenvalue weighted by atomic mass is 79.9. The number of phenolic OH excluding ortho intramolecular Hbond substituents is 1. The van der Waals surface area contributed by atoms with Crippen molar-refractivity contribution in [3.05, 3.63) is 58.1 Å². The molecule has 0 radical (unpaired) electrons. The normalized spacial score (nSPS) is 10.6. The predicted molar refractivity (Wildman–Crippen MR) is 83.9 cm³/mol. The van der Waals surface area contributed by atoms with E-state index in [0.717, 1.165) is 4.47 Å². The second kappa shape index (κ2) is 6.90. The summed E-state index contributed by atoms with van der Waals surface area (Å²) in [5.41, 5.74) is 3.64. The van der Waals surface area contributed by atoms with Crippen molar-refractivity contribution in [3.63, 3.8) is 0 Å². The standard InChI is InChI=1S/C15H13BrN2O3/c1-21-14-8-10(2-7-13(14)19)9-17-18-15(20)11-3-5-12(16)6-4-11/h2-9,19H,1H3,(H,18,20). The lowest BCUT2D eigenvalue weighted by molar-refractivity contribution is 0.0955. The van der Waals surface area contributed by atoms with Gasteiger partial charge in [-0.3, -0.25) is 4.79 Å². The number of hydrazone groups is 1. The van der Waals surface area contributed by atoms with Gasteiger partial charge in [-0.25, -0.2) is 5.43 Å². The number of nitrogens with one attached hydrogen (secondary N) is 1. The maximum absolute atomic E-state index is 11.8. The lowest BCUT2D eigenvalue weighted by atomic mass is 10.2. The van der Waals surface area contributed by atoms with E-state index in [1.165, 1.54) is 19.4 Å². The van der Waals surface area contributed by atoms with Gasteiger partial charge in [0.2, 0.25) is 0 Å². The molecule has 0 heterocycles. The van der Waals surface area contributed by atoms with Crippen LogP contribution in [0.3, 0.4) is 0 Å². The predicted octanol–water partition coefficient (Wildman–Crippen LogP) is 2.93. The van der Waals surface area contributed by atoms with E-state index in [0.29, 0.717) is 16.9 Å². The highest BCUT2D eigenvalue weighted by Crippen LogP contribution is 2.25. The van der Waals surface area contributed by atoms with Gasteiger partial charge >= 0.3 is 0 Å². The minimum Gasteiger partial charge on any atom is -0.504 e. The van der Waals surface area contributed by atoms with Crippen LogP contribution in [0.25, 0.3) is 0 Å². The van der Waals surface area contributed by atoms with E-state index < -0.39 is 0 Å². The number of ether oxygens (including phenoxy) is 1. The van der Waals surface area contributed by atoms with Crippen LogP contribution < -0.4 is 10.2 Å². The van der Waals surface area contributed by atoms with Gasteiger partial charge in [0.25, 0.3) is 5.91 Å². The first-order valence-corrected chi connectivity index (χ1v) is 6.85. The monoisotopic (exact) mass is 348 g/mol. The molecule has 2 rings (SSSR count). The van der Waals surface area contributed by atoms with Crippen LogP contribution in [0.1, 0.15) is 15.9 Å². The van der Waals surface area contributed by atoms with Gasteiger partial charge in [0.15, 0.2) is 11.5 Å². The molecule has 6 heteroatoms. The highest BCUT2D eigenvalue weighted by molar-refractivity contribution is 9.10. The van der Waals surface area contributed by atoms with Crippen LogP contribution in [0.5, 0.6) is 11.5 Å². The van der Waals surface area contributed by atoms with Crippen LogP contribution >= 0.6 is 15.9 Å². The number of phenols is 1. The third-order valence-electron chi connectivity index (χ3n) is 2.69. The van der Waals surface area contributed by atoms with Gasteiger partial charge in [0.1, 0.15) is 0 Å². The Morgan fingerprint density at radius 2 is 2.00 bits per heavy atom. The average Bonchev–Trinajstić information content (AvgIpc) is 2.49. The fourth-order valence-corrected chi connectivity index (χ4v) is 1.87. The Kier molecular flexibility index (Phi) is 4.94. The molecule has 2 aromatic rings. The van der Waals surface area contributed by atoms with Crippen molar-refractivity contribution < 1.29 is 14.6 Å². The van der Waals surface area contributed by atoms with E-state index >= 15 is 0 Å². The molecule has 0 spiro atoms.